The molecule has 1 aliphatic heterocycles. The van der Waals surface area contributed by atoms with Crippen LogP contribution in [0.25, 0.3) is 11.4 Å². The minimum Gasteiger partial charge on any atom is -0.497 e. The van der Waals surface area contributed by atoms with E-state index in [-0.39, 0.29) is 18.1 Å². The molecule has 0 saturated carbocycles. The number of halogens is 1. The van der Waals surface area contributed by atoms with Crippen LogP contribution in [0.1, 0.15) is 30.7 Å². The molecule has 1 aliphatic rings. The first-order valence-electron chi connectivity index (χ1n) is 9.79. The van der Waals surface area contributed by atoms with Gasteiger partial charge in [-0.05, 0) is 48.7 Å². The van der Waals surface area contributed by atoms with Crippen molar-refractivity contribution >= 4 is 11.6 Å². The van der Waals surface area contributed by atoms with Gasteiger partial charge >= 0.3 is 0 Å². The third kappa shape index (κ3) is 4.29. The summed E-state index contributed by atoms with van der Waals surface area (Å²) in [5.74, 6) is 1.60. The number of hydrogen-bond acceptors (Lipinski definition) is 4. The van der Waals surface area contributed by atoms with E-state index in [1.807, 2.05) is 28.8 Å². The van der Waals surface area contributed by atoms with Crippen LogP contribution in [0.5, 0.6) is 5.75 Å². The summed E-state index contributed by atoms with van der Waals surface area (Å²) < 4.78 is 21.7. The van der Waals surface area contributed by atoms with E-state index in [9.17, 15) is 9.18 Å². The Morgan fingerprint density at radius 3 is 2.76 bits per heavy atom. The second-order valence-electron chi connectivity index (χ2n) is 7.17. The molecule has 0 radical (unpaired) electrons. The van der Waals surface area contributed by atoms with Gasteiger partial charge in [0, 0.05) is 18.7 Å². The highest BCUT2D eigenvalue weighted by Crippen LogP contribution is 2.27. The molecule has 0 bridgehead atoms. The molecule has 29 heavy (non-hydrogen) atoms. The lowest BCUT2D eigenvalue weighted by atomic mass is 10.1. The molecule has 4 rings (SSSR count). The van der Waals surface area contributed by atoms with Crippen molar-refractivity contribution in [1.29, 1.82) is 0 Å². The van der Waals surface area contributed by atoms with Crippen molar-refractivity contribution in [2.75, 3.05) is 12.4 Å². The molecule has 0 saturated heterocycles. The van der Waals surface area contributed by atoms with Crippen LogP contribution >= 0.6 is 0 Å². The van der Waals surface area contributed by atoms with E-state index >= 15 is 0 Å². The second-order valence-corrected chi connectivity index (χ2v) is 7.17. The Morgan fingerprint density at radius 2 is 1.97 bits per heavy atom. The number of carbonyl (C=O) groups is 1. The largest absolute Gasteiger partial charge is 0.497 e. The number of methoxy groups -OCH3 is 1. The van der Waals surface area contributed by atoms with Gasteiger partial charge in [-0.2, -0.15) is 0 Å². The lowest BCUT2D eigenvalue weighted by Crippen LogP contribution is -2.14. The monoisotopic (exact) mass is 394 g/mol. The molecule has 7 heteroatoms. The van der Waals surface area contributed by atoms with Gasteiger partial charge in [-0.1, -0.05) is 18.6 Å². The predicted octanol–water partition coefficient (Wildman–Crippen LogP) is 4.00. The van der Waals surface area contributed by atoms with Gasteiger partial charge in [0.2, 0.25) is 5.91 Å². The summed E-state index contributed by atoms with van der Waals surface area (Å²) in [6.45, 7) is 0.783. The van der Waals surface area contributed by atoms with Crippen LogP contribution in [-0.4, -0.2) is 27.8 Å². The molecular weight excluding hydrogens is 371 g/mol. The van der Waals surface area contributed by atoms with Crippen molar-refractivity contribution in [2.24, 2.45) is 0 Å². The van der Waals surface area contributed by atoms with E-state index in [1.54, 1.807) is 19.2 Å². The number of nitrogens with one attached hydrogen (secondary N) is 1. The first kappa shape index (κ1) is 19.1. The van der Waals surface area contributed by atoms with Crippen LogP contribution in [-0.2, 0) is 24.2 Å². The molecule has 0 spiro atoms. The van der Waals surface area contributed by atoms with Crippen LogP contribution in [0.4, 0.5) is 10.1 Å². The van der Waals surface area contributed by atoms with E-state index in [0.717, 1.165) is 49.4 Å². The molecule has 2 aromatic carbocycles. The number of amides is 1. The van der Waals surface area contributed by atoms with E-state index in [2.05, 4.69) is 15.5 Å². The SMILES string of the molecule is COc1ccc(CC(=O)Nc2ccc(F)c(-c3nnc4n3CCCCC4)c2)cc1. The van der Waals surface area contributed by atoms with E-state index < -0.39 is 0 Å². The van der Waals surface area contributed by atoms with Crippen molar-refractivity contribution in [3.8, 4) is 17.1 Å². The fraction of sp³-hybridized carbons (Fsp3) is 0.318. The Hall–Kier alpha value is -3.22. The zero-order valence-electron chi connectivity index (χ0n) is 16.3. The summed E-state index contributed by atoms with van der Waals surface area (Å²) >= 11 is 0. The topological polar surface area (TPSA) is 69.0 Å². The first-order chi connectivity index (χ1) is 14.1. The molecule has 1 amide bonds. The fourth-order valence-corrected chi connectivity index (χ4v) is 3.59. The van der Waals surface area contributed by atoms with Gasteiger partial charge in [-0.3, -0.25) is 4.79 Å². The highest BCUT2D eigenvalue weighted by molar-refractivity contribution is 5.92. The maximum atomic E-state index is 14.6. The average Bonchev–Trinajstić information content (AvgIpc) is 2.97. The minimum atomic E-state index is -0.377. The lowest BCUT2D eigenvalue weighted by Gasteiger charge is -2.11. The highest BCUT2D eigenvalue weighted by atomic mass is 19.1. The smallest absolute Gasteiger partial charge is 0.228 e. The molecule has 2 heterocycles. The Bertz CT molecular complexity index is 1010. The summed E-state index contributed by atoms with van der Waals surface area (Å²) in [6, 6.07) is 11.9. The summed E-state index contributed by atoms with van der Waals surface area (Å²) in [6.07, 6.45) is 4.30. The summed E-state index contributed by atoms with van der Waals surface area (Å²) in [5.41, 5.74) is 1.76. The van der Waals surface area contributed by atoms with Crippen LogP contribution in [0, 0.1) is 5.82 Å². The fourth-order valence-electron chi connectivity index (χ4n) is 3.59. The number of hydrogen-bond donors (Lipinski definition) is 1. The average molecular weight is 394 g/mol. The number of nitrogens with zero attached hydrogens (tertiary/aromatic N) is 3. The molecule has 0 aliphatic carbocycles. The number of benzene rings is 2. The molecule has 1 aromatic heterocycles. The molecule has 1 N–H and O–H groups in total. The number of aromatic nitrogens is 3. The number of carbonyl (C=O) groups excluding carboxylic acids is 1. The zero-order valence-corrected chi connectivity index (χ0v) is 16.3. The molecular formula is C22H23FN4O2. The number of ether oxygens (including phenoxy) is 1. The van der Waals surface area contributed by atoms with Crippen molar-refractivity contribution in [2.45, 2.75) is 38.6 Å². The second kappa shape index (κ2) is 8.43. The van der Waals surface area contributed by atoms with Crippen molar-refractivity contribution < 1.29 is 13.9 Å². The van der Waals surface area contributed by atoms with Crippen molar-refractivity contribution in [3.63, 3.8) is 0 Å². The Labute approximate surface area is 168 Å². The number of anilines is 1. The molecule has 0 unspecified atom stereocenters. The van der Waals surface area contributed by atoms with Gasteiger partial charge in [-0.15, -0.1) is 10.2 Å². The third-order valence-corrected chi connectivity index (χ3v) is 5.12. The van der Waals surface area contributed by atoms with E-state index in [4.69, 9.17) is 4.74 Å². The first-order valence-corrected chi connectivity index (χ1v) is 9.79. The van der Waals surface area contributed by atoms with Crippen LogP contribution in [0.15, 0.2) is 42.5 Å². The molecule has 3 aromatic rings. The van der Waals surface area contributed by atoms with Gasteiger partial charge in [0.15, 0.2) is 5.82 Å². The van der Waals surface area contributed by atoms with E-state index in [0.29, 0.717) is 17.1 Å². The number of aryl methyl sites for hydroxylation is 1. The van der Waals surface area contributed by atoms with Gasteiger partial charge in [0.05, 0.1) is 19.1 Å². The third-order valence-electron chi connectivity index (χ3n) is 5.12. The van der Waals surface area contributed by atoms with Crippen LogP contribution in [0.3, 0.4) is 0 Å². The standard InChI is InChI=1S/C22H23FN4O2/c1-29-17-9-6-15(7-10-17)13-21(28)24-16-8-11-19(23)18(14-16)22-26-25-20-5-3-2-4-12-27(20)22/h6-11,14H,2-5,12-13H2,1H3,(H,24,28). The summed E-state index contributed by atoms with van der Waals surface area (Å²) in [5, 5.41) is 11.3. The molecule has 0 atom stereocenters. The Kier molecular flexibility index (Phi) is 5.55. The normalized spacial score (nSPS) is 13.4. The number of fused-ring (bicyclic) bond motifs is 1. The molecule has 150 valence electrons. The summed E-state index contributed by atoms with van der Waals surface area (Å²) in [7, 11) is 1.60. The van der Waals surface area contributed by atoms with Crippen molar-refractivity contribution in [1.82, 2.24) is 14.8 Å². The quantitative estimate of drug-likeness (QED) is 0.710. The summed E-state index contributed by atoms with van der Waals surface area (Å²) in [4.78, 5) is 12.4. The van der Waals surface area contributed by atoms with Crippen molar-refractivity contribution in [3.05, 3.63) is 59.7 Å². The maximum Gasteiger partial charge on any atom is 0.228 e. The highest BCUT2D eigenvalue weighted by Gasteiger charge is 2.19. The van der Waals surface area contributed by atoms with Gasteiger partial charge in [-0.25, -0.2) is 4.39 Å². The van der Waals surface area contributed by atoms with Crippen LogP contribution < -0.4 is 10.1 Å². The minimum absolute atomic E-state index is 0.173. The van der Waals surface area contributed by atoms with Gasteiger partial charge < -0.3 is 14.6 Å². The number of rotatable bonds is 5. The molecule has 0 fully saturated rings. The molecule has 6 nitrogen and oxygen atoms in total. The lowest BCUT2D eigenvalue weighted by molar-refractivity contribution is -0.115. The van der Waals surface area contributed by atoms with Crippen LogP contribution in [0.2, 0.25) is 0 Å². The van der Waals surface area contributed by atoms with Gasteiger partial charge in [0.25, 0.3) is 0 Å². The van der Waals surface area contributed by atoms with E-state index in [1.165, 1.54) is 6.07 Å². The Balaban J connectivity index is 1.52. The van der Waals surface area contributed by atoms with Gasteiger partial charge in [0.1, 0.15) is 17.4 Å². The zero-order chi connectivity index (χ0) is 20.2. The Morgan fingerprint density at radius 1 is 1.14 bits per heavy atom. The predicted molar refractivity (Wildman–Crippen MR) is 108 cm³/mol. The maximum absolute atomic E-state index is 14.6.